The summed E-state index contributed by atoms with van der Waals surface area (Å²) in [7, 11) is 1.54. The molecule has 1 aliphatic rings. The summed E-state index contributed by atoms with van der Waals surface area (Å²) < 4.78 is 5.96. The molecule has 35 heavy (non-hydrogen) atoms. The van der Waals surface area contributed by atoms with Gasteiger partial charge in [-0.25, -0.2) is 0 Å². The van der Waals surface area contributed by atoms with Crippen LogP contribution in [0.4, 0.5) is 17.1 Å². The first-order valence-corrected chi connectivity index (χ1v) is 11.0. The maximum atomic E-state index is 13.4. The monoisotopic (exact) mass is 494 g/mol. The predicted molar refractivity (Wildman–Crippen MR) is 127 cm³/mol. The Hall–Kier alpha value is -4.32. The number of nitrogens with one attached hydrogen (secondary N) is 2. The first-order valence-electron chi connectivity index (χ1n) is 10.6. The number of nitrogens with zero attached hydrogens (tertiary/aromatic N) is 4. The minimum Gasteiger partial charge on any atom is -0.539 e. The summed E-state index contributed by atoms with van der Waals surface area (Å²) in [4.78, 5) is 40.4. The molecule has 3 amide bonds. The predicted octanol–water partition coefficient (Wildman–Crippen LogP) is 1.06. The second-order valence-corrected chi connectivity index (χ2v) is 8.24. The summed E-state index contributed by atoms with van der Waals surface area (Å²) in [6.45, 7) is 1.34. The average Bonchev–Trinajstić information content (AvgIpc) is 3.26. The van der Waals surface area contributed by atoms with E-state index in [1.165, 1.54) is 21.4 Å². The number of thiocarbonyl (C=S) groups is 1. The molecule has 2 heterocycles. The molecule has 1 aromatic heterocycles. The number of anilines is 3. The van der Waals surface area contributed by atoms with Crippen LogP contribution in [0.25, 0.3) is 0 Å². The van der Waals surface area contributed by atoms with Crippen LogP contribution in [-0.4, -0.2) is 39.0 Å². The molecule has 0 spiro atoms. The van der Waals surface area contributed by atoms with Crippen molar-refractivity contribution in [3.05, 3.63) is 60.3 Å². The molecule has 1 saturated heterocycles. The number of aromatic nitrogens is 2. The zero-order valence-electron chi connectivity index (χ0n) is 18.9. The summed E-state index contributed by atoms with van der Waals surface area (Å²) in [6, 6.07) is 14.5. The largest absolute Gasteiger partial charge is 0.539 e. The molecule has 1 atom stereocenters. The van der Waals surface area contributed by atoms with E-state index in [0.29, 0.717) is 17.1 Å². The van der Waals surface area contributed by atoms with Crippen LogP contribution in [0.3, 0.4) is 0 Å². The van der Waals surface area contributed by atoms with Crippen molar-refractivity contribution in [3.8, 4) is 5.95 Å². The van der Waals surface area contributed by atoms with Crippen LogP contribution in [-0.2, 0) is 28.0 Å². The number of hydrogen-bond acceptors (Lipinski definition) is 7. The van der Waals surface area contributed by atoms with Crippen LogP contribution in [0, 0.1) is 0 Å². The Kier molecular flexibility index (Phi) is 6.73. The van der Waals surface area contributed by atoms with Gasteiger partial charge in [0.2, 0.25) is 11.8 Å². The van der Waals surface area contributed by atoms with Gasteiger partial charge in [0, 0.05) is 18.3 Å². The van der Waals surface area contributed by atoms with E-state index in [4.69, 9.17) is 16.7 Å². The zero-order valence-corrected chi connectivity index (χ0v) is 19.7. The SMILES string of the molecule is CC(=O)Nc1ccc(NC(=O)CC2C(=O)N(c3ccccc3)C(=S)N2Cc2c([O-])on[n+]2C)cc1. The molecule has 0 radical (unpaired) electrons. The molecule has 0 saturated carbocycles. The average molecular weight is 495 g/mol. The molecule has 3 aromatic rings. The van der Waals surface area contributed by atoms with Crippen molar-refractivity contribution in [3.63, 3.8) is 0 Å². The summed E-state index contributed by atoms with van der Waals surface area (Å²) in [5, 5.41) is 21.3. The zero-order chi connectivity index (χ0) is 25.1. The Morgan fingerprint density at radius 1 is 1.11 bits per heavy atom. The number of aryl methyl sites for hydroxylation is 1. The van der Waals surface area contributed by atoms with Gasteiger partial charge >= 0.3 is 0 Å². The summed E-state index contributed by atoms with van der Waals surface area (Å²) in [5.41, 5.74) is 1.83. The van der Waals surface area contributed by atoms with E-state index in [9.17, 15) is 19.5 Å². The number of carbonyl (C=O) groups is 3. The van der Waals surface area contributed by atoms with Crippen molar-refractivity contribution in [2.45, 2.75) is 25.9 Å². The highest BCUT2D eigenvalue weighted by atomic mass is 32.1. The fourth-order valence-corrected chi connectivity index (χ4v) is 4.10. The molecular weight excluding hydrogens is 472 g/mol. The van der Waals surface area contributed by atoms with Gasteiger partial charge in [-0.05, 0) is 48.6 Å². The van der Waals surface area contributed by atoms with E-state index in [2.05, 4.69) is 15.9 Å². The summed E-state index contributed by atoms with van der Waals surface area (Å²) in [6.07, 6.45) is -0.209. The molecule has 180 valence electrons. The van der Waals surface area contributed by atoms with Gasteiger partial charge in [-0.2, -0.15) is 0 Å². The molecule has 2 aromatic carbocycles. The van der Waals surface area contributed by atoms with Gasteiger partial charge < -0.3 is 25.2 Å². The Balaban J connectivity index is 1.56. The number of rotatable bonds is 7. The molecule has 0 bridgehead atoms. The van der Waals surface area contributed by atoms with Crippen molar-refractivity contribution in [2.75, 3.05) is 15.5 Å². The Morgan fingerprint density at radius 2 is 1.74 bits per heavy atom. The van der Waals surface area contributed by atoms with E-state index in [-0.39, 0.29) is 35.6 Å². The second-order valence-electron chi connectivity index (χ2n) is 7.88. The summed E-state index contributed by atoms with van der Waals surface area (Å²) in [5.74, 6) is -1.66. The number of amides is 3. The Labute approximate surface area is 205 Å². The van der Waals surface area contributed by atoms with Gasteiger partial charge in [-0.1, -0.05) is 22.9 Å². The van der Waals surface area contributed by atoms with Crippen molar-refractivity contribution >= 4 is 52.1 Å². The topological polar surface area (TPSA) is 135 Å². The van der Waals surface area contributed by atoms with Crippen LogP contribution < -0.4 is 25.3 Å². The lowest BCUT2D eigenvalue weighted by atomic mass is 10.1. The third-order valence-corrected chi connectivity index (χ3v) is 5.81. The van der Waals surface area contributed by atoms with E-state index in [1.54, 1.807) is 55.6 Å². The lowest BCUT2D eigenvalue weighted by Gasteiger charge is -2.22. The third kappa shape index (κ3) is 5.11. The molecule has 4 rings (SSSR count). The van der Waals surface area contributed by atoms with Gasteiger partial charge in [0.25, 0.3) is 11.6 Å². The molecule has 1 fully saturated rings. The lowest BCUT2D eigenvalue weighted by molar-refractivity contribution is -0.746. The maximum absolute atomic E-state index is 13.4. The Morgan fingerprint density at radius 3 is 2.31 bits per heavy atom. The molecule has 12 heteroatoms. The molecule has 1 unspecified atom stereocenters. The first kappa shape index (κ1) is 23.8. The van der Waals surface area contributed by atoms with Crippen LogP contribution >= 0.6 is 12.2 Å². The fraction of sp³-hybridized carbons (Fsp3) is 0.217. The van der Waals surface area contributed by atoms with Crippen molar-refractivity contribution < 1.29 is 28.7 Å². The number of benzene rings is 2. The number of hydrogen-bond donors (Lipinski definition) is 2. The van der Waals surface area contributed by atoms with E-state index in [1.807, 2.05) is 6.07 Å². The van der Waals surface area contributed by atoms with Crippen molar-refractivity contribution in [2.24, 2.45) is 7.05 Å². The van der Waals surface area contributed by atoms with E-state index >= 15 is 0 Å². The second kappa shape index (κ2) is 9.89. The molecule has 0 aliphatic carbocycles. The molecule has 11 nitrogen and oxygen atoms in total. The summed E-state index contributed by atoms with van der Waals surface area (Å²) >= 11 is 5.59. The van der Waals surface area contributed by atoms with Crippen LogP contribution in [0.15, 0.2) is 59.1 Å². The van der Waals surface area contributed by atoms with Gasteiger partial charge in [-0.15, -0.1) is 0 Å². The molecular formula is C23H22N6O5S. The number of para-hydroxylation sites is 1. The van der Waals surface area contributed by atoms with E-state index in [0.717, 1.165) is 0 Å². The molecule has 1 aliphatic heterocycles. The lowest BCUT2D eigenvalue weighted by Crippen LogP contribution is -2.42. The maximum Gasteiger partial charge on any atom is 0.256 e. The van der Waals surface area contributed by atoms with Gasteiger partial charge in [0.1, 0.15) is 12.6 Å². The highest BCUT2D eigenvalue weighted by Crippen LogP contribution is 2.29. The van der Waals surface area contributed by atoms with Gasteiger partial charge in [0.15, 0.2) is 18.1 Å². The first-order chi connectivity index (χ1) is 16.7. The van der Waals surface area contributed by atoms with Crippen LogP contribution in [0.5, 0.6) is 5.95 Å². The minimum absolute atomic E-state index is 0.0594. The van der Waals surface area contributed by atoms with Crippen molar-refractivity contribution in [1.29, 1.82) is 0 Å². The third-order valence-electron chi connectivity index (χ3n) is 5.39. The van der Waals surface area contributed by atoms with Crippen LogP contribution in [0.2, 0.25) is 0 Å². The smallest absolute Gasteiger partial charge is 0.256 e. The standard InChI is InChI=1S/C23H21N6O5S/c1-14(30)24-15-8-10-16(11-9-15)25-20(31)12-18-21(32)29(17-6-4-3-5-7-17)23(35)28(18)13-19-22(33)34-26-27(19)2/h3-11,18,33H,12-13H2,1-2H3/q-1/p+1. The normalized spacial score (nSPS) is 15.4. The quantitative estimate of drug-likeness (QED) is 0.368. The molecule has 2 N–H and O–H groups in total. The fourth-order valence-electron chi connectivity index (χ4n) is 3.72. The van der Waals surface area contributed by atoms with Crippen molar-refractivity contribution in [1.82, 2.24) is 10.2 Å². The van der Waals surface area contributed by atoms with E-state index < -0.39 is 17.9 Å². The minimum atomic E-state index is -0.948. The van der Waals surface area contributed by atoms with Gasteiger partial charge in [-0.3, -0.25) is 19.3 Å². The highest BCUT2D eigenvalue weighted by molar-refractivity contribution is 7.80. The van der Waals surface area contributed by atoms with Crippen LogP contribution in [0.1, 0.15) is 19.0 Å². The Bertz CT molecular complexity index is 1260. The highest BCUT2D eigenvalue weighted by Gasteiger charge is 2.45. The van der Waals surface area contributed by atoms with Gasteiger partial charge in [0.05, 0.1) is 17.4 Å². The number of carbonyl (C=O) groups excluding carboxylic acids is 3.